The summed E-state index contributed by atoms with van der Waals surface area (Å²) in [6.07, 6.45) is 4.23. The SMILES string of the molecule is CC(C)[C@@H](NC(=O)c1ccc(-n2cncn2)nc1)C(=O)O. The van der Waals surface area contributed by atoms with E-state index in [1.807, 2.05) is 0 Å². The van der Waals surface area contributed by atoms with Crippen molar-refractivity contribution in [3.8, 4) is 5.82 Å². The molecule has 2 rings (SSSR count). The van der Waals surface area contributed by atoms with E-state index in [-0.39, 0.29) is 11.5 Å². The van der Waals surface area contributed by atoms with Crippen molar-refractivity contribution < 1.29 is 14.7 Å². The number of aromatic nitrogens is 4. The zero-order valence-electron chi connectivity index (χ0n) is 11.6. The first-order valence-electron chi connectivity index (χ1n) is 6.33. The van der Waals surface area contributed by atoms with Crippen LogP contribution in [0.25, 0.3) is 5.82 Å². The molecule has 0 unspecified atom stereocenters. The summed E-state index contributed by atoms with van der Waals surface area (Å²) in [6.45, 7) is 3.45. The lowest BCUT2D eigenvalue weighted by molar-refractivity contribution is -0.140. The van der Waals surface area contributed by atoms with Crippen LogP contribution in [0.15, 0.2) is 31.0 Å². The normalized spacial score (nSPS) is 12.1. The summed E-state index contributed by atoms with van der Waals surface area (Å²) in [7, 11) is 0. The molecular formula is C13H15N5O3. The Balaban J connectivity index is 2.11. The third kappa shape index (κ3) is 3.41. The topological polar surface area (TPSA) is 110 Å². The molecule has 0 aliphatic rings. The van der Waals surface area contributed by atoms with E-state index >= 15 is 0 Å². The van der Waals surface area contributed by atoms with Crippen molar-refractivity contribution >= 4 is 11.9 Å². The molecule has 0 aliphatic carbocycles. The summed E-state index contributed by atoms with van der Waals surface area (Å²) in [5.41, 5.74) is 0.283. The summed E-state index contributed by atoms with van der Waals surface area (Å²) < 4.78 is 1.45. The fourth-order valence-corrected chi connectivity index (χ4v) is 1.72. The van der Waals surface area contributed by atoms with Gasteiger partial charge in [-0.15, -0.1) is 0 Å². The van der Waals surface area contributed by atoms with Crippen molar-refractivity contribution in [2.45, 2.75) is 19.9 Å². The maximum absolute atomic E-state index is 12.0. The molecule has 1 atom stereocenters. The van der Waals surface area contributed by atoms with E-state index in [0.717, 1.165) is 0 Å². The second kappa shape index (κ2) is 6.12. The highest BCUT2D eigenvalue weighted by Gasteiger charge is 2.24. The molecule has 2 aromatic heterocycles. The molecule has 1 amide bonds. The average molecular weight is 289 g/mol. The number of nitrogens with zero attached hydrogens (tertiary/aromatic N) is 4. The van der Waals surface area contributed by atoms with Crippen LogP contribution in [0.2, 0.25) is 0 Å². The molecule has 2 N–H and O–H groups in total. The van der Waals surface area contributed by atoms with Gasteiger partial charge in [0, 0.05) is 6.20 Å². The van der Waals surface area contributed by atoms with E-state index in [1.165, 1.54) is 23.5 Å². The first-order valence-corrected chi connectivity index (χ1v) is 6.33. The smallest absolute Gasteiger partial charge is 0.326 e. The molecule has 0 spiro atoms. The Labute approximate surface area is 120 Å². The summed E-state index contributed by atoms with van der Waals surface area (Å²) in [5, 5.41) is 15.5. The van der Waals surface area contributed by atoms with Crippen LogP contribution in [0.4, 0.5) is 0 Å². The second-order valence-electron chi connectivity index (χ2n) is 4.78. The van der Waals surface area contributed by atoms with Crippen LogP contribution >= 0.6 is 0 Å². The number of rotatable bonds is 5. The number of carbonyl (C=O) groups excluding carboxylic acids is 1. The van der Waals surface area contributed by atoms with Crippen LogP contribution in [-0.4, -0.2) is 42.8 Å². The Hall–Kier alpha value is -2.77. The Morgan fingerprint density at radius 2 is 2.10 bits per heavy atom. The van der Waals surface area contributed by atoms with Crippen LogP contribution < -0.4 is 5.32 Å². The van der Waals surface area contributed by atoms with Gasteiger partial charge in [-0.2, -0.15) is 5.10 Å². The van der Waals surface area contributed by atoms with Crippen molar-refractivity contribution in [1.82, 2.24) is 25.1 Å². The van der Waals surface area contributed by atoms with Crippen molar-refractivity contribution in [2.24, 2.45) is 5.92 Å². The number of aliphatic carboxylic acids is 1. The predicted octanol–water partition coefficient (Wildman–Crippen LogP) is 0.501. The fourth-order valence-electron chi connectivity index (χ4n) is 1.72. The monoisotopic (exact) mass is 289 g/mol. The summed E-state index contributed by atoms with van der Waals surface area (Å²) >= 11 is 0. The Morgan fingerprint density at radius 3 is 2.57 bits per heavy atom. The van der Waals surface area contributed by atoms with Crippen LogP contribution in [-0.2, 0) is 4.79 Å². The molecule has 8 heteroatoms. The van der Waals surface area contributed by atoms with Gasteiger partial charge in [-0.05, 0) is 18.1 Å². The molecule has 2 aromatic rings. The van der Waals surface area contributed by atoms with Gasteiger partial charge in [0.05, 0.1) is 5.56 Å². The number of carboxylic acid groups (broad SMARTS) is 1. The standard InChI is InChI=1S/C13H15N5O3/c1-8(2)11(13(20)21)17-12(19)9-3-4-10(15-5-9)18-7-14-6-16-18/h3-8,11H,1-2H3,(H,17,19)(H,20,21)/t11-/m1/s1. The minimum absolute atomic E-state index is 0.214. The molecule has 8 nitrogen and oxygen atoms in total. The van der Waals surface area contributed by atoms with Gasteiger partial charge in [0.2, 0.25) is 0 Å². The largest absolute Gasteiger partial charge is 0.480 e. The number of pyridine rings is 1. The van der Waals surface area contributed by atoms with E-state index in [2.05, 4.69) is 20.4 Å². The minimum atomic E-state index is -1.06. The number of nitrogens with one attached hydrogen (secondary N) is 1. The highest BCUT2D eigenvalue weighted by atomic mass is 16.4. The molecule has 0 aliphatic heterocycles. The van der Waals surface area contributed by atoms with E-state index in [0.29, 0.717) is 5.82 Å². The number of hydrogen-bond donors (Lipinski definition) is 2. The number of hydrogen-bond acceptors (Lipinski definition) is 5. The number of carbonyl (C=O) groups is 2. The summed E-state index contributed by atoms with van der Waals surface area (Å²) in [5.74, 6) is -1.24. The maximum atomic E-state index is 12.0. The highest BCUT2D eigenvalue weighted by Crippen LogP contribution is 2.07. The van der Waals surface area contributed by atoms with Crippen molar-refractivity contribution in [3.63, 3.8) is 0 Å². The second-order valence-corrected chi connectivity index (χ2v) is 4.78. The Bertz CT molecular complexity index is 622. The molecule has 0 radical (unpaired) electrons. The molecule has 0 saturated heterocycles. The lowest BCUT2D eigenvalue weighted by Gasteiger charge is -2.17. The molecule has 2 heterocycles. The fraction of sp³-hybridized carbons (Fsp3) is 0.308. The van der Waals surface area contributed by atoms with Crippen LogP contribution in [0.1, 0.15) is 24.2 Å². The van der Waals surface area contributed by atoms with Crippen LogP contribution in [0.3, 0.4) is 0 Å². The van der Waals surface area contributed by atoms with Crippen LogP contribution in [0, 0.1) is 5.92 Å². The van der Waals surface area contributed by atoms with Gasteiger partial charge < -0.3 is 10.4 Å². The van der Waals surface area contributed by atoms with Crippen molar-refractivity contribution in [1.29, 1.82) is 0 Å². The molecule has 0 fully saturated rings. The zero-order valence-corrected chi connectivity index (χ0v) is 11.6. The van der Waals surface area contributed by atoms with E-state index in [9.17, 15) is 9.59 Å². The van der Waals surface area contributed by atoms with Gasteiger partial charge >= 0.3 is 5.97 Å². The molecule has 0 bridgehead atoms. The van der Waals surface area contributed by atoms with Crippen molar-refractivity contribution in [2.75, 3.05) is 0 Å². The average Bonchev–Trinajstić information content (AvgIpc) is 2.98. The van der Waals surface area contributed by atoms with Gasteiger partial charge in [0.15, 0.2) is 5.82 Å². The summed E-state index contributed by atoms with van der Waals surface area (Å²) in [6, 6.07) is 2.22. The quantitative estimate of drug-likeness (QED) is 0.829. The van der Waals surface area contributed by atoms with Crippen LogP contribution in [0.5, 0.6) is 0 Å². The molecule has 21 heavy (non-hydrogen) atoms. The summed E-state index contributed by atoms with van der Waals surface area (Å²) in [4.78, 5) is 31.0. The number of carboxylic acids is 1. The zero-order chi connectivity index (χ0) is 15.4. The highest BCUT2D eigenvalue weighted by molar-refractivity contribution is 5.96. The third-order valence-electron chi connectivity index (χ3n) is 2.88. The Kier molecular flexibility index (Phi) is 4.27. The maximum Gasteiger partial charge on any atom is 0.326 e. The van der Waals surface area contributed by atoms with Gasteiger partial charge in [-0.3, -0.25) is 4.79 Å². The Morgan fingerprint density at radius 1 is 1.33 bits per heavy atom. The van der Waals surface area contributed by atoms with E-state index in [4.69, 9.17) is 5.11 Å². The lowest BCUT2D eigenvalue weighted by atomic mass is 10.0. The van der Waals surface area contributed by atoms with E-state index in [1.54, 1.807) is 26.0 Å². The van der Waals surface area contributed by atoms with Crippen molar-refractivity contribution in [3.05, 3.63) is 36.5 Å². The third-order valence-corrected chi connectivity index (χ3v) is 2.88. The minimum Gasteiger partial charge on any atom is -0.480 e. The van der Waals surface area contributed by atoms with Gasteiger partial charge in [-0.1, -0.05) is 13.8 Å². The molecule has 110 valence electrons. The van der Waals surface area contributed by atoms with Gasteiger partial charge in [-0.25, -0.2) is 19.4 Å². The molecule has 0 saturated carbocycles. The predicted molar refractivity (Wildman–Crippen MR) is 72.9 cm³/mol. The van der Waals surface area contributed by atoms with E-state index < -0.39 is 17.9 Å². The lowest BCUT2D eigenvalue weighted by Crippen LogP contribution is -2.44. The molecular weight excluding hydrogens is 274 g/mol. The molecule has 0 aromatic carbocycles. The van der Waals surface area contributed by atoms with Gasteiger partial charge in [0.1, 0.15) is 18.7 Å². The first-order chi connectivity index (χ1) is 9.99. The van der Waals surface area contributed by atoms with Gasteiger partial charge in [0.25, 0.3) is 5.91 Å². The number of amides is 1. The first kappa shape index (κ1) is 14.6.